The van der Waals surface area contributed by atoms with Gasteiger partial charge in [0.25, 0.3) is 3.79 Å². The zero-order chi connectivity index (χ0) is 13.2. The van der Waals surface area contributed by atoms with E-state index >= 15 is 0 Å². The first-order chi connectivity index (χ1) is 7.79. The highest BCUT2D eigenvalue weighted by molar-refractivity contribution is 6.77. The SMILES string of the molecule is C=C/C=c1/c(C(=O)C(Cl)(Cl)Cl)c[nH]/c1=C(/N)O. The molecule has 4 nitrogen and oxygen atoms in total. The summed E-state index contributed by atoms with van der Waals surface area (Å²) in [6.07, 6.45) is 4.20. The van der Waals surface area contributed by atoms with E-state index in [0.29, 0.717) is 5.22 Å². The number of Topliss-reactive ketones (excluding diaryl/α,β-unsaturated/α-hetero) is 1. The van der Waals surface area contributed by atoms with E-state index in [1.54, 1.807) is 0 Å². The molecular weight excluding hydrogens is 286 g/mol. The van der Waals surface area contributed by atoms with Gasteiger partial charge >= 0.3 is 0 Å². The molecule has 4 N–H and O–H groups in total. The van der Waals surface area contributed by atoms with Crippen LogP contribution in [0.1, 0.15) is 10.4 Å². The molecule has 1 heterocycles. The van der Waals surface area contributed by atoms with E-state index in [-0.39, 0.29) is 10.9 Å². The zero-order valence-corrected chi connectivity index (χ0v) is 10.8. The molecule has 0 aliphatic heterocycles. The molecule has 0 aromatic carbocycles. The first kappa shape index (κ1) is 14.0. The van der Waals surface area contributed by atoms with Crippen molar-refractivity contribution < 1.29 is 9.90 Å². The van der Waals surface area contributed by atoms with E-state index in [4.69, 9.17) is 40.5 Å². The van der Waals surface area contributed by atoms with Crippen molar-refractivity contribution in [2.75, 3.05) is 0 Å². The standard InChI is InChI=1S/C10H9Cl3N2O2/c1-2-3-5-6(8(16)10(11,12)13)4-15-7(5)9(14)17/h2-4,15,17H,1,14H2/b5-3-,9-7-. The molecule has 1 rings (SSSR count). The van der Waals surface area contributed by atoms with Gasteiger partial charge in [-0.3, -0.25) is 4.79 Å². The highest BCUT2D eigenvalue weighted by Crippen LogP contribution is 2.29. The van der Waals surface area contributed by atoms with Crippen LogP contribution in [0.5, 0.6) is 0 Å². The van der Waals surface area contributed by atoms with Crippen LogP contribution >= 0.6 is 34.8 Å². The summed E-state index contributed by atoms with van der Waals surface area (Å²) < 4.78 is -2.08. The van der Waals surface area contributed by atoms with Gasteiger partial charge in [0.15, 0.2) is 0 Å². The number of carbonyl (C=O) groups is 1. The second-order valence-electron chi connectivity index (χ2n) is 3.11. The third-order valence-electron chi connectivity index (χ3n) is 1.96. The molecule has 0 saturated heterocycles. The van der Waals surface area contributed by atoms with Crippen molar-refractivity contribution in [2.45, 2.75) is 3.79 Å². The first-order valence-corrected chi connectivity index (χ1v) is 5.52. The lowest BCUT2D eigenvalue weighted by molar-refractivity contribution is 0.0995. The summed E-state index contributed by atoms with van der Waals surface area (Å²) in [4.78, 5) is 14.4. The molecule has 0 atom stereocenters. The number of aromatic amines is 1. The van der Waals surface area contributed by atoms with Gasteiger partial charge in [-0.25, -0.2) is 0 Å². The lowest BCUT2D eigenvalue weighted by Gasteiger charge is -2.07. The topological polar surface area (TPSA) is 79.1 Å². The lowest BCUT2D eigenvalue weighted by Crippen LogP contribution is -2.34. The smallest absolute Gasteiger partial charge is 0.253 e. The number of alkyl halides is 3. The van der Waals surface area contributed by atoms with Gasteiger partial charge in [-0.2, -0.15) is 0 Å². The Balaban J connectivity index is 3.61. The van der Waals surface area contributed by atoms with Gasteiger partial charge in [0, 0.05) is 17.0 Å². The summed E-state index contributed by atoms with van der Waals surface area (Å²) in [7, 11) is 0. The summed E-state index contributed by atoms with van der Waals surface area (Å²) in [5.74, 6) is -1.19. The Morgan fingerprint density at radius 1 is 1.53 bits per heavy atom. The predicted octanol–water partition coefficient (Wildman–Crippen LogP) is 1.12. The van der Waals surface area contributed by atoms with Crippen molar-refractivity contribution in [1.29, 1.82) is 0 Å². The largest absolute Gasteiger partial charge is 0.493 e. The lowest BCUT2D eigenvalue weighted by atomic mass is 10.2. The van der Waals surface area contributed by atoms with Crippen molar-refractivity contribution in [3.8, 4) is 0 Å². The Bertz CT molecular complexity index is 565. The highest BCUT2D eigenvalue weighted by atomic mass is 35.6. The number of H-pyrrole nitrogens is 1. The first-order valence-electron chi connectivity index (χ1n) is 4.39. The number of allylic oxidation sites excluding steroid dienone is 1. The number of aliphatic hydroxyl groups excluding tert-OH is 1. The van der Waals surface area contributed by atoms with Gasteiger partial charge in [0.2, 0.25) is 11.7 Å². The fraction of sp³-hybridized carbons (Fsp3) is 0.100. The van der Waals surface area contributed by atoms with Crippen molar-refractivity contribution in [3.05, 3.63) is 35.0 Å². The number of aliphatic hydroxyl groups is 1. The Morgan fingerprint density at radius 2 is 2.12 bits per heavy atom. The Labute approximate surface area is 112 Å². The number of nitrogens with one attached hydrogen (secondary N) is 1. The van der Waals surface area contributed by atoms with Gasteiger partial charge in [-0.1, -0.05) is 53.5 Å². The van der Waals surface area contributed by atoms with E-state index in [9.17, 15) is 9.90 Å². The Morgan fingerprint density at radius 3 is 2.53 bits per heavy atom. The summed E-state index contributed by atoms with van der Waals surface area (Å²) >= 11 is 16.5. The second kappa shape index (κ2) is 5.04. The van der Waals surface area contributed by atoms with E-state index in [0.717, 1.165) is 0 Å². The molecule has 0 spiro atoms. The van der Waals surface area contributed by atoms with Crippen molar-refractivity contribution in [1.82, 2.24) is 4.98 Å². The maximum Gasteiger partial charge on any atom is 0.253 e. The van der Waals surface area contributed by atoms with Crippen LogP contribution in [0.25, 0.3) is 12.0 Å². The van der Waals surface area contributed by atoms with Gasteiger partial charge in [0.05, 0.1) is 0 Å². The van der Waals surface area contributed by atoms with Crippen LogP contribution in [0.15, 0.2) is 18.9 Å². The average Bonchev–Trinajstić information content (AvgIpc) is 2.59. The fourth-order valence-corrected chi connectivity index (χ4v) is 1.58. The van der Waals surface area contributed by atoms with Crippen molar-refractivity contribution in [2.24, 2.45) is 5.73 Å². The summed E-state index contributed by atoms with van der Waals surface area (Å²) in [5, 5.41) is 9.71. The van der Waals surface area contributed by atoms with Gasteiger partial charge in [-0.05, 0) is 0 Å². The number of aromatic nitrogens is 1. The maximum absolute atomic E-state index is 11.8. The number of hydrogen-bond donors (Lipinski definition) is 3. The molecule has 0 aliphatic carbocycles. The second-order valence-corrected chi connectivity index (χ2v) is 5.39. The maximum atomic E-state index is 11.8. The van der Waals surface area contributed by atoms with Crippen LogP contribution in [0, 0.1) is 0 Å². The van der Waals surface area contributed by atoms with E-state index in [1.807, 2.05) is 0 Å². The van der Waals surface area contributed by atoms with Crippen LogP contribution in [0.3, 0.4) is 0 Å². The molecule has 17 heavy (non-hydrogen) atoms. The minimum absolute atomic E-state index is 0.108. The van der Waals surface area contributed by atoms with Gasteiger partial charge in [0.1, 0.15) is 5.35 Å². The van der Waals surface area contributed by atoms with E-state index in [1.165, 1.54) is 18.3 Å². The number of nitrogens with two attached hydrogens (primary N) is 1. The zero-order valence-electron chi connectivity index (χ0n) is 8.51. The minimum Gasteiger partial charge on any atom is -0.493 e. The molecule has 1 aromatic heterocycles. The van der Waals surface area contributed by atoms with Crippen LogP contribution < -0.4 is 16.3 Å². The number of ketones is 1. The quantitative estimate of drug-likeness (QED) is 0.565. The molecule has 92 valence electrons. The molecule has 0 radical (unpaired) electrons. The number of halogens is 3. The molecular formula is C10H9Cl3N2O2. The molecule has 0 fully saturated rings. The number of hydrogen-bond acceptors (Lipinski definition) is 3. The fourth-order valence-electron chi connectivity index (χ4n) is 1.28. The van der Waals surface area contributed by atoms with Crippen molar-refractivity contribution >= 4 is 52.5 Å². The molecule has 1 aromatic rings. The van der Waals surface area contributed by atoms with Crippen molar-refractivity contribution in [3.63, 3.8) is 0 Å². The monoisotopic (exact) mass is 294 g/mol. The minimum atomic E-state index is -2.08. The summed E-state index contributed by atoms with van der Waals surface area (Å²) in [5.41, 5.74) is 5.35. The summed E-state index contributed by atoms with van der Waals surface area (Å²) in [6, 6.07) is 0. The van der Waals surface area contributed by atoms with Crippen LogP contribution in [0.2, 0.25) is 0 Å². The Kier molecular flexibility index (Phi) is 4.14. The molecule has 0 saturated carbocycles. The number of rotatable bonds is 2. The van der Waals surface area contributed by atoms with Crippen LogP contribution in [-0.4, -0.2) is 19.7 Å². The van der Waals surface area contributed by atoms with E-state index in [2.05, 4.69) is 11.6 Å². The Hall–Kier alpha value is -1.10. The van der Waals surface area contributed by atoms with Crippen LogP contribution in [-0.2, 0) is 0 Å². The van der Waals surface area contributed by atoms with Crippen LogP contribution in [0.4, 0.5) is 0 Å². The molecule has 0 amide bonds. The predicted molar refractivity (Wildman–Crippen MR) is 69.5 cm³/mol. The average molecular weight is 296 g/mol. The highest BCUT2D eigenvalue weighted by Gasteiger charge is 2.32. The normalized spacial score (nSPS) is 14.6. The molecule has 7 heteroatoms. The molecule has 0 bridgehead atoms. The van der Waals surface area contributed by atoms with E-state index < -0.39 is 15.5 Å². The summed E-state index contributed by atoms with van der Waals surface area (Å²) in [6.45, 7) is 3.49. The third kappa shape index (κ3) is 2.97. The number of carbonyl (C=O) groups excluding carboxylic acids is 1. The molecule has 0 unspecified atom stereocenters. The molecule has 0 aliphatic rings. The van der Waals surface area contributed by atoms with Gasteiger partial charge in [-0.15, -0.1) is 0 Å². The van der Waals surface area contributed by atoms with Gasteiger partial charge < -0.3 is 15.8 Å². The third-order valence-corrected chi connectivity index (χ3v) is 2.48.